The van der Waals surface area contributed by atoms with E-state index in [-0.39, 0.29) is 17.8 Å². The van der Waals surface area contributed by atoms with Gasteiger partial charge in [-0.25, -0.2) is 4.39 Å². The Hall–Kier alpha value is -3.53. The fourth-order valence-corrected chi connectivity index (χ4v) is 5.19. The highest BCUT2D eigenvalue weighted by Gasteiger charge is 2.23. The number of rotatable bonds is 6. The maximum absolute atomic E-state index is 13.2. The molecule has 1 fully saturated rings. The molecule has 36 heavy (non-hydrogen) atoms. The normalized spacial score (nSPS) is 16.8. The van der Waals surface area contributed by atoms with Gasteiger partial charge in [-0.1, -0.05) is 30.3 Å². The second-order valence-corrected chi connectivity index (χ2v) is 9.90. The number of hydrogen-bond acceptors (Lipinski definition) is 4. The Morgan fingerprint density at radius 3 is 2.25 bits per heavy atom. The Labute approximate surface area is 212 Å². The van der Waals surface area contributed by atoms with Gasteiger partial charge in [0.05, 0.1) is 11.6 Å². The van der Waals surface area contributed by atoms with Gasteiger partial charge in [0, 0.05) is 50.9 Å². The summed E-state index contributed by atoms with van der Waals surface area (Å²) in [4.78, 5) is 17.8. The minimum absolute atomic E-state index is 0.000926. The van der Waals surface area contributed by atoms with Crippen molar-refractivity contribution in [2.24, 2.45) is 0 Å². The van der Waals surface area contributed by atoms with E-state index in [1.807, 2.05) is 48.5 Å². The van der Waals surface area contributed by atoms with Crippen molar-refractivity contribution in [1.29, 1.82) is 5.26 Å². The molecule has 1 N–H and O–H groups in total. The summed E-state index contributed by atoms with van der Waals surface area (Å²) in [6.07, 6.45) is 2.81. The minimum Gasteiger partial charge on any atom is -0.349 e. The number of likely N-dealkylation sites (tertiary alicyclic amines) is 1. The number of nitrogens with one attached hydrogen (secondary N) is 1. The van der Waals surface area contributed by atoms with Crippen LogP contribution in [0.2, 0.25) is 0 Å². The molecule has 5 rings (SSSR count). The Morgan fingerprint density at radius 2 is 1.56 bits per heavy atom. The van der Waals surface area contributed by atoms with Crippen molar-refractivity contribution in [3.8, 4) is 6.07 Å². The van der Waals surface area contributed by atoms with Gasteiger partial charge in [-0.05, 0) is 77.9 Å². The molecule has 2 aliphatic rings. The van der Waals surface area contributed by atoms with Crippen LogP contribution in [0.4, 0.5) is 4.39 Å². The topological polar surface area (TPSA) is 59.4 Å². The van der Waals surface area contributed by atoms with E-state index in [1.165, 1.54) is 28.8 Å². The lowest BCUT2D eigenvalue weighted by atomic mass is 9.96. The van der Waals surface area contributed by atoms with Gasteiger partial charge in [0.25, 0.3) is 5.91 Å². The third-order valence-corrected chi connectivity index (χ3v) is 7.29. The molecular formula is C30H31FN4O. The lowest BCUT2D eigenvalue weighted by Gasteiger charge is -2.32. The highest BCUT2D eigenvalue weighted by Crippen LogP contribution is 2.23. The molecule has 0 aromatic heterocycles. The molecule has 0 atom stereocenters. The summed E-state index contributed by atoms with van der Waals surface area (Å²) in [5.74, 6) is -0.214. The Morgan fingerprint density at radius 1 is 0.889 bits per heavy atom. The van der Waals surface area contributed by atoms with Crippen LogP contribution in [0.5, 0.6) is 0 Å². The number of benzene rings is 3. The first-order valence-electron chi connectivity index (χ1n) is 12.7. The SMILES string of the molecule is N#Cc1ccc(CN2CCC(NC(=O)c3ccc4c(c3)CN(Cc3ccc(F)cc3)CC4)CC2)cc1. The number of carbonyl (C=O) groups excluding carboxylic acids is 1. The number of nitriles is 1. The molecule has 1 saturated heterocycles. The molecule has 0 aliphatic carbocycles. The first kappa shape index (κ1) is 24.2. The van der Waals surface area contributed by atoms with Crippen LogP contribution < -0.4 is 5.32 Å². The van der Waals surface area contributed by atoms with E-state index in [2.05, 4.69) is 27.3 Å². The molecule has 2 aliphatic heterocycles. The maximum Gasteiger partial charge on any atom is 0.251 e. The number of amides is 1. The molecule has 3 aromatic rings. The van der Waals surface area contributed by atoms with Crippen LogP contribution in [0.25, 0.3) is 0 Å². The van der Waals surface area contributed by atoms with E-state index < -0.39 is 0 Å². The van der Waals surface area contributed by atoms with Crippen LogP contribution in [0.1, 0.15) is 51.0 Å². The summed E-state index contributed by atoms with van der Waals surface area (Å²) in [6, 6.07) is 22.9. The maximum atomic E-state index is 13.2. The van der Waals surface area contributed by atoms with Crippen molar-refractivity contribution >= 4 is 5.91 Å². The molecule has 3 aromatic carbocycles. The molecule has 0 radical (unpaired) electrons. The number of piperidine rings is 1. The molecule has 0 saturated carbocycles. The van der Waals surface area contributed by atoms with Crippen LogP contribution in [-0.2, 0) is 26.1 Å². The van der Waals surface area contributed by atoms with Gasteiger partial charge < -0.3 is 5.32 Å². The van der Waals surface area contributed by atoms with E-state index >= 15 is 0 Å². The molecule has 0 bridgehead atoms. The summed E-state index contributed by atoms with van der Waals surface area (Å²) < 4.78 is 13.2. The Bertz CT molecular complexity index is 1240. The van der Waals surface area contributed by atoms with E-state index in [1.54, 1.807) is 0 Å². The smallest absolute Gasteiger partial charge is 0.251 e. The fourth-order valence-electron chi connectivity index (χ4n) is 5.19. The predicted molar refractivity (Wildman–Crippen MR) is 138 cm³/mol. The highest BCUT2D eigenvalue weighted by molar-refractivity contribution is 5.94. The first-order valence-corrected chi connectivity index (χ1v) is 12.7. The van der Waals surface area contributed by atoms with Crippen molar-refractivity contribution in [3.05, 3.63) is 106 Å². The third-order valence-electron chi connectivity index (χ3n) is 7.29. The number of hydrogen-bond donors (Lipinski definition) is 1. The lowest BCUT2D eigenvalue weighted by Crippen LogP contribution is -2.44. The predicted octanol–water partition coefficient (Wildman–Crippen LogP) is 4.65. The van der Waals surface area contributed by atoms with Crippen LogP contribution in [0.15, 0.2) is 66.7 Å². The number of carbonyl (C=O) groups is 1. The van der Waals surface area contributed by atoms with Gasteiger partial charge in [0.2, 0.25) is 0 Å². The van der Waals surface area contributed by atoms with Crippen molar-refractivity contribution in [3.63, 3.8) is 0 Å². The first-order chi connectivity index (χ1) is 17.6. The second kappa shape index (κ2) is 11.0. The zero-order valence-electron chi connectivity index (χ0n) is 20.4. The zero-order chi connectivity index (χ0) is 24.9. The average molecular weight is 483 g/mol. The van der Waals surface area contributed by atoms with Gasteiger partial charge in [0.15, 0.2) is 0 Å². The van der Waals surface area contributed by atoms with Gasteiger partial charge in [-0.3, -0.25) is 14.6 Å². The highest BCUT2D eigenvalue weighted by atomic mass is 19.1. The number of fused-ring (bicyclic) bond motifs is 1. The van der Waals surface area contributed by atoms with E-state index in [9.17, 15) is 9.18 Å². The van der Waals surface area contributed by atoms with Crippen LogP contribution in [-0.4, -0.2) is 41.4 Å². The number of halogens is 1. The van der Waals surface area contributed by atoms with Crippen LogP contribution >= 0.6 is 0 Å². The lowest BCUT2D eigenvalue weighted by molar-refractivity contribution is 0.0908. The van der Waals surface area contributed by atoms with Gasteiger partial charge in [0.1, 0.15) is 5.82 Å². The van der Waals surface area contributed by atoms with Crippen molar-refractivity contribution in [2.45, 2.75) is 44.9 Å². The van der Waals surface area contributed by atoms with Crippen molar-refractivity contribution in [1.82, 2.24) is 15.1 Å². The van der Waals surface area contributed by atoms with Gasteiger partial charge in [-0.2, -0.15) is 5.26 Å². The largest absolute Gasteiger partial charge is 0.349 e. The second-order valence-electron chi connectivity index (χ2n) is 9.90. The van der Waals surface area contributed by atoms with Crippen molar-refractivity contribution < 1.29 is 9.18 Å². The quantitative estimate of drug-likeness (QED) is 0.556. The third kappa shape index (κ3) is 5.99. The van der Waals surface area contributed by atoms with Gasteiger partial charge >= 0.3 is 0 Å². The monoisotopic (exact) mass is 482 g/mol. The summed E-state index contributed by atoms with van der Waals surface area (Å²) in [5.41, 5.74) is 6.21. The molecule has 5 nitrogen and oxygen atoms in total. The fraction of sp³-hybridized carbons (Fsp3) is 0.333. The minimum atomic E-state index is -0.213. The van der Waals surface area contributed by atoms with Crippen molar-refractivity contribution in [2.75, 3.05) is 19.6 Å². The standard InChI is InChI=1S/C30H31FN4O/c31-28-9-5-24(6-10-28)20-35-14-11-25-7-8-26(17-27(25)21-35)30(36)33-29-12-15-34(16-13-29)19-23-3-1-22(18-32)2-4-23/h1-10,17,29H,11-16,19-21H2,(H,33,36). The van der Waals surface area contributed by atoms with E-state index in [4.69, 9.17) is 5.26 Å². The Balaban J connectivity index is 1.13. The molecular weight excluding hydrogens is 451 g/mol. The summed E-state index contributed by atoms with van der Waals surface area (Å²) in [7, 11) is 0. The molecule has 6 heteroatoms. The van der Waals surface area contributed by atoms with Gasteiger partial charge in [-0.15, -0.1) is 0 Å². The zero-order valence-corrected chi connectivity index (χ0v) is 20.4. The Kier molecular flexibility index (Phi) is 7.41. The summed E-state index contributed by atoms with van der Waals surface area (Å²) in [5, 5.41) is 12.2. The molecule has 1 amide bonds. The van der Waals surface area contributed by atoms with E-state index in [0.29, 0.717) is 5.56 Å². The molecule has 0 unspecified atom stereocenters. The summed E-state index contributed by atoms with van der Waals surface area (Å²) in [6.45, 7) is 5.27. The van der Waals surface area contributed by atoms with E-state index in [0.717, 1.165) is 69.7 Å². The average Bonchev–Trinajstić information content (AvgIpc) is 2.91. The molecule has 2 heterocycles. The number of nitrogens with zero attached hydrogens (tertiary/aromatic N) is 3. The summed E-state index contributed by atoms with van der Waals surface area (Å²) >= 11 is 0. The molecule has 0 spiro atoms. The van der Waals surface area contributed by atoms with Crippen LogP contribution in [0.3, 0.4) is 0 Å². The van der Waals surface area contributed by atoms with Crippen LogP contribution in [0, 0.1) is 17.1 Å². The molecule has 184 valence electrons.